The van der Waals surface area contributed by atoms with Crippen molar-refractivity contribution in [3.63, 3.8) is 0 Å². The Morgan fingerprint density at radius 3 is 2.15 bits per heavy atom. The number of carbonyl (C=O) groups is 2. The Labute approximate surface area is 246 Å². The molecule has 0 saturated carbocycles. The Morgan fingerprint density at radius 1 is 0.878 bits per heavy atom. The van der Waals surface area contributed by atoms with E-state index in [0.29, 0.717) is 12.0 Å². The second-order valence-corrected chi connectivity index (χ2v) is 11.9. The van der Waals surface area contributed by atoms with Gasteiger partial charge in [0.2, 0.25) is 0 Å². The van der Waals surface area contributed by atoms with Crippen LogP contribution < -0.4 is 0 Å². The molecule has 2 aliphatic heterocycles. The quantitative estimate of drug-likeness (QED) is 0.135. The second-order valence-electron chi connectivity index (χ2n) is 11.9. The minimum atomic E-state index is -0.806. The third kappa shape index (κ3) is 11.0. The summed E-state index contributed by atoms with van der Waals surface area (Å²) >= 11 is 0. The number of hydrogen-bond acceptors (Lipinski definition) is 8. The molecule has 2 saturated heterocycles. The van der Waals surface area contributed by atoms with Crippen molar-refractivity contribution in [1.29, 1.82) is 0 Å². The van der Waals surface area contributed by atoms with Crippen molar-refractivity contribution in [2.45, 2.75) is 154 Å². The maximum Gasteiger partial charge on any atom is 0.338 e. The van der Waals surface area contributed by atoms with Gasteiger partial charge in [-0.15, -0.1) is 0 Å². The maximum absolute atomic E-state index is 13.1. The molecule has 0 aromatic heterocycles. The Hall–Kier alpha value is -2.00. The molecule has 1 unspecified atom stereocenters. The lowest BCUT2D eigenvalue weighted by Gasteiger charge is -2.41. The number of rotatable bonds is 18. The zero-order valence-corrected chi connectivity index (χ0v) is 25.8. The normalized spacial score (nSPS) is 25.8. The fourth-order valence-electron chi connectivity index (χ4n) is 5.67. The van der Waals surface area contributed by atoms with Gasteiger partial charge in [-0.05, 0) is 52.2 Å². The second kappa shape index (κ2) is 17.2. The first-order valence-corrected chi connectivity index (χ1v) is 15.7. The highest BCUT2D eigenvalue weighted by atomic mass is 16.8. The van der Waals surface area contributed by atoms with Gasteiger partial charge in [-0.3, -0.25) is 4.79 Å². The molecule has 0 aliphatic carbocycles. The SMILES string of the molecule is CCCCCC(CCCCCCCCCC(=O)OC)O[C@@H]1O[C@H](C)[C@@H]2OC(C)(C)O[C@@H]2[C@H]1OC(=O)c1ccccc1. The number of hydrogen-bond donors (Lipinski definition) is 0. The van der Waals surface area contributed by atoms with E-state index in [1.807, 2.05) is 39.0 Å². The summed E-state index contributed by atoms with van der Waals surface area (Å²) in [6, 6.07) is 8.98. The van der Waals surface area contributed by atoms with E-state index in [0.717, 1.165) is 70.6 Å². The van der Waals surface area contributed by atoms with Crippen LogP contribution in [-0.2, 0) is 33.2 Å². The van der Waals surface area contributed by atoms with Gasteiger partial charge in [0.1, 0.15) is 12.2 Å². The van der Waals surface area contributed by atoms with Gasteiger partial charge in [0.15, 0.2) is 18.2 Å². The first-order valence-electron chi connectivity index (χ1n) is 15.7. The van der Waals surface area contributed by atoms with Gasteiger partial charge in [0.25, 0.3) is 0 Å². The van der Waals surface area contributed by atoms with Crippen LogP contribution in [0.5, 0.6) is 0 Å². The molecule has 0 radical (unpaired) electrons. The van der Waals surface area contributed by atoms with E-state index in [1.165, 1.54) is 13.5 Å². The minimum Gasteiger partial charge on any atom is -0.469 e. The van der Waals surface area contributed by atoms with Gasteiger partial charge in [-0.2, -0.15) is 0 Å². The molecule has 8 heteroatoms. The van der Waals surface area contributed by atoms with E-state index in [-0.39, 0.29) is 24.3 Å². The van der Waals surface area contributed by atoms with Gasteiger partial charge in [0, 0.05) is 6.42 Å². The number of ether oxygens (including phenoxy) is 6. The van der Waals surface area contributed by atoms with Crippen LogP contribution in [0.4, 0.5) is 0 Å². The third-order valence-corrected chi connectivity index (χ3v) is 7.91. The van der Waals surface area contributed by atoms with Crippen LogP contribution in [0.1, 0.15) is 122 Å². The van der Waals surface area contributed by atoms with E-state index in [1.54, 1.807) is 12.1 Å². The first-order chi connectivity index (χ1) is 19.7. The number of esters is 2. The van der Waals surface area contributed by atoms with Gasteiger partial charge in [0.05, 0.1) is 24.9 Å². The van der Waals surface area contributed by atoms with Gasteiger partial charge < -0.3 is 28.4 Å². The molecule has 41 heavy (non-hydrogen) atoms. The van der Waals surface area contributed by atoms with Gasteiger partial charge >= 0.3 is 11.9 Å². The highest BCUT2D eigenvalue weighted by Gasteiger charge is 2.56. The smallest absolute Gasteiger partial charge is 0.338 e. The number of unbranched alkanes of at least 4 members (excludes halogenated alkanes) is 8. The Kier molecular flexibility index (Phi) is 14.1. The van der Waals surface area contributed by atoms with E-state index in [4.69, 9.17) is 28.4 Å². The van der Waals surface area contributed by atoms with Crippen LogP contribution in [0.2, 0.25) is 0 Å². The summed E-state index contributed by atoms with van der Waals surface area (Å²) in [5.74, 6) is -1.36. The lowest BCUT2D eigenvalue weighted by molar-refractivity contribution is -0.287. The van der Waals surface area contributed by atoms with E-state index in [9.17, 15) is 9.59 Å². The predicted octanol–water partition coefficient (Wildman–Crippen LogP) is 7.13. The van der Waals surface area contributed by atoms with Crippen molar-refractivity contribution in [3.05, 3.63) is 35.9 Å². The summed E-state index contributed by atoms with van der Waals surface area (Å²) in [6.45, 7) is 7.91. The predicted molar refractivity (Wildman–Crippen MR) is 156 cm³/mol. The molecule has 8 nitrogen and oxygen atoms in total. The van der Waals surface area contributed by atoms with Crippen LogP contribution in [-0.4, -0.2) is 61.6 Å². The molecule has 0 spiro atoms. The van der Waals surface area contributed by atoms with E-state index >= 15 is 0 Å². The molecule has 232 valence electrons. The summed E-state index contributed by atoms with van der Waals surface area (Å²) in [7, 11) is 1.44. The van der Waals surface area contributed by atoms with Crippen molar-refractivity contribution >= 4 is 11.9 Å². The summed E-state index contributed by atoms with van der Waals surface area (Å²) in [5.41, 5.74) is 0.476. The van der Waals surface area contributed by atoms with Crippen molar-refractivity contribution in [3.8, 4) is 0 Å². The zero-order chi connectivity index (χ0) is 29.7. The zero-order valence-electron chi connectivity index (χ0n) is 25.8. The number of methoxy groups -OCH3 is 1. The Morgan fingerprint density at radius 2 is 1.49 bits per heavy atom. The molecule has 2 aliphatic rings. The molecular weight excluding hydrogens is 524 g/mol. The molecule has 3 rings (SSSR count). The Balaban J connectivity index is 1.58. The Bertz CT molecular complexity index is 904. The molecule has 1 aromatic rings. The van der Waals surface area contributed by atoms with Crippen LogP contribution in [0, 0.1) is 0 Å². The average Bonchev–Trinajstić information content (AvgIpc) is 3.30. The van der Waals surface area contributed by atoms with E-state index < -0.39 is 30.3 Å². The fourth-order valence-corrected chi connectivity index (χ4v) is 5.67. The summed E-state index contributed by atoms with van der Waals surface area (Å²) in [6.07, 6.45) is 10.8. The molecular formula is C33H52O8. The third-order valence-electron chi connectivity index (χ3n) is 7.91. The van der Waals surface area contributed by atoms with Crippen molar-refractivity contribution in [2.24, 2.45) is 0 Å². The van der Waals surface area contributed by atoms with Crippen LogP contribution in [0.25, 0.3) is 0 Å². The van der Waals surface area contributed by atoms with Gasteiger partial charge in [-0.25, -0.2) is 4.79 Å². The molecule has 1 aromatic carbocycles. The minimum absolute atomic E-state index is 0.00335. The maximum atomic E-state index is 13.1. The highest BCUT2D eigenvalue weighted by molar-refractivity contribution is 5.89. The largest absolute Gasteiger partial charge is 0.469 e. The van der Waals surface area contributed by atoms with Crippen LogP contribution in [0.3, 0.4) is 0 Å². The van der Waals surface area contributed by atoms with Crippen LogP contribution in [0.15, 0.2) is 30.3 Å². The van der Waals surface area contributed by atoms with Crippen molar-refractivity contribution in [2.75, 3.05) is 7.11 Å². The highest BCUT2D eigenvalue weighted by Crippen LogP contribution is 2.39. The molecule has 0 N–H and O–H groups in total. The topological polar surface area (TPSA) is 89.5 Å². The standard InChI is InChI=1S/C33H52O8/c1-6-7-14-21-26(22-17-11-9-8-10-12-18-23-27(34)36-5)38-32-30(39-31(35)25-19-15-13-16-20-25)29-28(24(2)37-32)40-33(3,4)41-29/h13,15-16,19-20,24,26,28-30,32H,6-12,14,17-18,21-23H2,1-5H3/t24-,26?,28+,29+,30-,32+/m1/s1. The fraction of sp³-hybridized carbons (Fsp3) is 0.758. The molecule has 0 bridgehead atoms. The van der Waals surface area contributed by atoms with Crippen LogP contribution >= 0.6 is 0 Å². The lowest BCUT2D eigenvalue weighted by atomic mass is 9.98. The molecule has 6 atom stereocenters. The van der Waals surface area contributed by atoms with Crippen molar-refractivity contribution in [1.82, 2.24) is 0 Å². The molecule has 2 fully saturated rings. The first kappa shape index (κ1) is 33.5. The lowest BCUT2D eigenvalue weighted by Crippen LogP contribution is -2.58. The summed E-state index contributed by atoms with van der Waals surface area (Å²) in [4.78, 5) is 24.4. The van der Waals surface area contributed by atoms with E-state index in [2.05, 4.69) is 6.92 Å². The summed E-state index contributed by atoms with van der Waals surface area (Å²) < 4.78 is 36.2. The number of carbonyl (C=O) groups excluding carboxylic acids is 2. The summed E-state index contributed by atoms with van der Waals surface area (Å²) in [5, 5.41) is 0. The average molecular weight is 577 g/mol. The number of fused-ring (bicyclic) bond motifs is 1. The van der Waals surface area contributed by atoms with Crippen molar-refractivity contribution < 1.29 is 38.0 Å². The monoisotopic (exact) mass is 576 g/mol. The molecule has 2 heterocycles. The number of benzene rings is 1. The van der Waals surface area contributed by atoms with Gasteiger partial charge in [-0.1, -0.05) is 82.9 Å². The molecule has 0 amide bonds.